The zero-order chi connectivity index (χ0) is 14.4. The van der Waals surface area contributed by atoms with Crippen molar-refractivity contribution >= 4 is 5.82 Å². The normalized spacial score (nSPS) is 10.6. The Morgan fingerprint density at radius 2 is 1.80 bits per heavy atom. The van der Waals surface area contributed by atoms with Crippen molar-refractivity contribution in [2.75, 3.05) is 5.32 Å². The van der Waals surface area contributed by atoms with Crippen LogP contribution in [0, 0.1) is 0 Å². The molecule has 0 spiro atoms. The van der Waals surface area contributed by atoms with Crippen molar-refractivity contribution in [3.8, 4) is 5.88 Å². The van der Waals surface area contributed by atoms with Crippen LogP contribution in [0.15, 0.2) is 36.7 Å². The molecule has 1 aromatic carbocycles. The van der Waals surface area contributed by atoms with Gasteiger partial charge >= 0.3 is 0 Å². The third-order valence-electron chi connectivity index (χ3n) is 2.90. The van der Waals surface area contributed by atoms with Crippen molar-refractivity contribution < 1.29 is 4.74 Å². The van der Waals surface area contributed by atoms with Crippen LogP contribution in [0.4, 0.5) is 5.82 Å². The molecule has 0 aliphatic carbocycles. The van der Waals surface area contributed by atoms with E-state index in [-0.39, 0.29) is 6.10 Å². The van der Waals surface area contributed by atoms with Gasteiger partial charge in [-0.05, 0) is 31.4 Å². The molecule has 0 saturated heterocycles. The fraction of sp³-hybridized carbons (Fsp3) is 0.375. The summed E-state index contributed by atoms with van der Waals surface area (Å²) in [6.07, 6.45) is 2.69. The minimum absolute atomic E-state index is 0.110. The standard InChI is InChI=1S/C16H21N3O/c1-4-13-5-7-14(8-6-13)10-17-15-9-16(19-11-18-15)20-12(2)3/h5-9,11-12H,4,10H2,1-3H3,(H,17,18,19). The average Bonchev–Trinajstić information content (AvgIpc) is 2.45. The van der Waals surface area contributed by atoms with Crippen LogP contribution in [0.25, 0.3) is 0 Å². The molecule has 0 fully saturated rings. The molecule has 0 amide bonds. The van der Waals surface area contributed by atoms with Crippen molar-refractivity contribution in [3.63, 3.8) is 0 Å². The van der Waals surface area contributed by atoms with E-state index in [1.807, 2.05) is 19.9 Å². The van der Waals surface area contributed by atoms with E-state index in [2.05, 4.69) is 46.5 Å². The van der Waals surface area contributed by atoms with Crippen LogP contribution in [0.1, 0.15) is 31.9 Å². The minimum Gasteiger partial charge on any atom is -0.475 e. The maximum absolute atomic E-state index is 5.55. The number of hydrogen-bond acceptors (Lipinski definition) is 4. The predicted molar refractivity (Wildman–Crippen MR) is 80.9 cm³/mol. The molecule has 4 nitrogen and oxygen atoms in total. The van der Waals surface area contributed by atoms with Gasteiger partial charge in [-0.3, -0.25) is 0 Å². The molecule has 0 radical (unpaired) electrons. The van der Waals surface area contributed by atoms with E-state index in [9.17, 15) is 0 Å². The van der Waals surface area contributed by atoms with Gasteiger partial charge in [0.1, 0.15) is 12.1 Å². The molecule has 1 heterocycles. The van der Waals surface area contributed by atoms with Crippen LogP contribution < -0.4 is 10.1 Å². The lowest BCUT2D eigenvalue weighted by Crippen LogP contribution is -2.08. The Morgan fingerprint density at radius 3 is 2.45 bits per heavy atom. The molecule has 0 atom stereocenters. The molecule has 0 aliphatic rings. The first-order chi connectivity index (χ1) is 9.67. The van der Waals surface area contributed by atoms with E-state index in [1.54, 1.807) is 0 Å². The molecule has 4 heteroatoms. The van der Waals surface area contributed by atoms with Gasteiger partial charge in [0, 0.05) is 12.6 Å². The predicted octanol–water partition coefficient (Wildman–Crippen LogP) is 3.44. The largest absolute Gasteiger partial charge is 0.475 e. The van der Waals surface area contributed by atoms with Crippen LogP contribution in [0.3, 0.4) is 0 Å². The highest BCUT2D eigenvalue weighted by Crippen LogP contribution is 2.14. The highest BCUT2D eigenvalue weighted by Gasteiger charge is 2.02. The number of aromatic nitrogens is 2. The first-order valence-corrected chi connectivity index (χ1v) is 6.97. The Kier molecular flexibility index (Phi) is 4.93. The monoisotopic (exact) mass is 271 g/mol. The first-order valence-electron chi connectivity index (χ1n) is 6.97. The molecular formula is C16H21N3O. The van der Waals surface area contributed by atoms with Crippen molar-refractivity contribution in [3.05, 3.63) is 47.8 Å². The number of nitrogens with zero attached hydrogens (tertiary/aromatic N) is 2. The van der Waals surface area contributed by atoms with E-state index < -0.39 is 0 Å². The molecule has 0 aliphatic heterocycles. The van der Waals surface area contributed by atoms with Crippen molar-refractivity contribution in [2.24, 2.45) is 0 Å². The van der Waals surface area contributed by atoms with Crippen molar-refractivity contribution in [2.45, 2.75) is 39.8 Å². The molecule has 0 unspecified atom stereocenters. The third kappa shape index (κ3) is 4.23. The third-order valence-corrected chi connectivity index (χ3v) is 2.90. The van der Waals surface area contributed by atoms with E-state index in [0.717, 1.165) is 18.8 Å². The Balaban J connectivity index is 1.95. The SMILES string of the molecule is CCc1ccc(CNc2cc(OC(C)C)ncn2)cc1. The zero-order valence-electron chi connectivity index (χ0n) is 12.3. The molecule has 106 valence electrons. The second-order valence-electron chi connectivity index (χ2n) is 4.93. The number of aryl methyl sites for hydroxylation is 1. The van der Waals surface area contributed by atoms with Crippen molar-refractivity contribution in [1.82, 2.24) is 9.97 Å². The average molecular weight is 271 g/mol. The number of hydrogen-bond donors (Lipinski definition) is 1. The highest BCUT2D eigenvalue weighted by molar-refractivity contribution is 5.38. The summed E-state index contributed by atoms with van der Waals surface area (Å²) in [4.78, 5) is 8.28. The van der Waals surface area contributed by atoms with Crippen LogP contribution in [0.2, 0.25) is 0 Å². The van der Waals surface area contributed by atoms with E-state index in [4.69, 9.17) is 4.74 Å². The number of rotatable bonds is 6. The first kappa shape index (κ1) is 14.3. The minimum atomic E-state index is 0.110. The number of benzene rings is 1. The molecule has 1 N–H and O–H groups in total. The van der Waals surface area contributed by atoms with Gasteiger partial charge in [0.05, 0.1) is 6.10 Å². The molecule has 1 aromatic heterocycles. The van der Waals surface area contributed by atoms with Gasteiger partial charge in [0.15, 0.2) is 0 Å². The lowest BCUT2D eigenvalue weighted by Gasteiger charge is -2.10. The number of nitrogens with one attached hydrogen (secondary N) is 1. The van der Waals surface area contributed by atoms with Gasteiger partial charge in [-0.2, -0.15) is 0 Å². The van der Waals surface area contributed by atoms with Gasteiger partial charge in [-0.15, -0.1) is 0 Å². The zero-order valence-corrected chi connectivity index (χ0v) is 12.3. The fourth-order valence-corrected chi connectivity index (χ4v) is 1.83. The smallest absolute Gasteiger partial charge is 0.218 e. The fourth-order valence-electron chi connectivity index (χ4n) is 1.83. The molecule has 2 aromatic rings. The summed E-state index contributed by atoms with van der Waals surface area (Å²) in [5.74, 6) is 1.37. The van der Waals surface area contributed by atoms with Gasteiger partial charge in [0.25, 0.3) is 0 Å². The van der Waals surface area contributed by atoms with Crippen LogP contribution >= 0.6 is 0 Å². The van der Waals surface area contributed by atoms with E-state index >= 15 is 0 Å². The maximum Gasteiger partial charge on any atom is 0.218 e. The van der Waals surface area contributed by atoms with E-state index in [1.165, 1.54) is 17.5 Å². The second-order valence-corrected chi connectivity index (χ2v) is 4.93. The lowest BCUT2D eigenvalue weighted by molar-refractivity contribution is 0.232. The molecule has 0 bridgehead atoms. The van der Waals surface area contributed by atoms with Gasteiger partial charge in [-0.1, -0.05) is 31.2 Å². The Bertz CT molecular complexity index is 538. The molecular weight excluding hydrogens is 250 g/mol. The Hall–Kier alpha value is -2.10. The summed E-state index contributed by atoms with van der Waals surface area (Å²) in [5, 5.41) is 3.28. The molecule has 0 saturated carbocycles. The summed E-state index contributed by atoms with van der Waals surface area (Å²) in [6, 6.07) is 10.4. The van der Waals surface area contributed by atoms with Crippen LogP contribution in [-0.4, -0.2) is 16.1 Å². The molecule has 20 heavy (non-hydrogen) atoms. The van der Waals surface area contributed by atoms with Crippen LogP contribution in [0.5, 0.6) is 5.88 Å². The second kappa shape index (κ2) is 6.89. The quantitative estimate of drug-likeness (QED) is 0.874. The number of anilines is 1. The summed E-state index contributed by atoms with van der Waals surface area (Å²) in [7, 11) is 0. The maximum atomic E-state index is 5.55. The summed E-state index contributed by atoms with van der Waals surface area (Å²) >= 11 is 0. The Morgan fingerprint density at radius 1 is 1.10 bits per heavy atom. The highest BCUT2D eigenvalue weighted by atomic mass is 16.5. The van der Waals surface area contributed by atoms with Gasteiger partial charge < -0.3 is 10.1 Å². The lowest BCUT2D eigenvalue weighted by atomic mass is 10.1. The van der Waals surface area contributed by atoms with E-state index in [0.29, 0.717) is 5.88 Å². The topological polar surface area (TPSA) is 47.0 Å². The van der Waals surface area contributed by atoms with Crippen LogP contribution in [-0.2, 0) is 13.0 Å². The van der Waals surface area contributed by atoms with Crippen molar-refractivity contribution in [1.29, 1.82) is 0 Å². The molecule has 2 rings (SSSR count). The summed E-state index contributed by atoms with van der Waals surface area (Å²) in [5.41, 5.74) is 2.58. The number of ether oxygens (including phenoxy) is 1. The Labute approximate surface area is 120 Å². The summed E-state index contributed by atoms with van der Waals surface area (Å²) in [6.45, 7) is 6.85. The summed E-state index contributed by atoms with van der Waals surface area (Å²) < 4.78 is 5.55. The van der Waals surface area contributed by atoms with Gasteiger partial charge in [-0.25, -0.2) is 9.97 Å². The van der Waals surface area contributed by atoms with Gasteiger partial charge in [0.2, 0.25) is 5.88 Å².